The number of aromatic nitrogens is 3. The summed E-state index contributed by atoms with van der Waals surface area (Å²) in [5.74, 6) is 0.0250. The first-order valence-electron chi connectivity index (χ1n) is 8.91. The number of halogens is 1. The minimum Gasteiger partial charge on any atom is -0.399 e. The Balaban J connectivity index is 0.00000261. The third-order valence-electron chi connectivity index (χ3n) is 4.39. The highest BCUT2D eigenvalue weighted by molar-refractivity contribution is 5.90. The van der Waals surface area contributed by atoms with Crippen molar-refractivity contribution in [3.63, 3.8) is 0 Å². The molecular weight excluding hydrogens is 368 g/mol. The summed E-state index contributed by atoms with van der Waals surface area (Å²) < 4.78 is 1.46. The largest absolute Gasteiger partial charge is 0.399 e. The summed E-state index contributed by atoms with van der Waals surface area (Å²) in [6.07, 6.45) is 6.13. The summed E-state index contributed by atoms with van der Waals surface area (Å²) in [6.45, 7) is 1.75. The second kappa shape index (κ2) is 9.91. The Labute approximate surface area is 164 Å². The maximum Gasteiger partial charge on any atom is 0.248 e. The van der Waals surface area contributed by atoms with Crippen molar-refractivity contribution in [3.05, 3.63) is 36.2 Å². The van der Waals surface area contributed by atoms with Gasteiger partial charge >= 0.3 is 0 Å². The molecule has 1 aliphatic heterocycles. The van der Waals surface area contributed by atoms with Gasteiger partial charge in [-0.1, -0.05) is 25.0 Å². The number of nitrogens with two attached hydrogens (primary N) is 1. The predicted octanol–water partition coefficient (Wildman–Crippen LogP) is 1.87. The molecule has 146 valence electrons. The Morgan fingerprint density at radius 1 is 1.07 bits per heavy atom. The summed E-state index contributed by atoms with van der Waals surface area (Å²) in [5, 5.41) is 6.82. The van der Waals surface area contributed by atoms with Crippen LogP contribution >= 0.6 is 12.4 Å². The van der Waals surface area contributed by atoms with Gasteiger partial charge in [0.25, 0.3) is 0 Å². The van der Waals surface area contributed by atoms with Crippen LogP contribution in [0.2, 0.25) is 0 Å². The van der Waals surface area contributed by atoms with Crippen molar-refractivity contribution in [2.24, 2.45) is 0 Å². The Morgan fingerprint density at radius 3 is 2.41 bits per heavy atom. The molecule has 0 atom stereocenters. The van der Waals surface area contributed by atoms with Crippen molar-refractivity contribution in [1.29, 1.82) is 0 Å². The molecule has 9 heteroatoms. The molecule has 0 aliphatic carbocycles. The van der Waals surface area contributed by atoms with E-state index in [1.54, 1.807) is 24.3 Å². The number of benzene rings is 1. The van der Waals surface area contributed by atoms with Crippen LogP contribution in [0.3, 0.4) is 0 Å². The quantitative estimate of drug-likeness (QED) is 0.755. The van der Waals surface area contributed by atoms with Crippen molar-refractivity contribution in [2.75, 3.05) is 24.1 Å². The Kier molecular flexibility index (Phi) is 7.60. The fraction of sp³-hybridized carbons (Fsp3) is 0.444. The second-order valence-electron chi connectivity index (χ2n) is 6.53. The number of likely N-dealkylation sites (tertiary alicyclic amines) is 1. The topological polar surface area (TPSA) is 106 Å². The van der Waals surface area contributed by atoms with Crippen LogP contribution in [-0.4, -0.2) is 44.6 Å². The standard InChI is InChI=1S/C18H24N6O2.ClH/c19-15-7-5-14(6-8-15)11-16(25)21-18-20-13-24(22-18)12-17(26)23-9-3-1-2-4-10-23;/h5-8,13H,1-4,9-12,19H2,(H,21,22,25);1H. The molecule has 3 N–H and O–H groups in total. The van der Waals surface area contributed by atoms with Crippen LogP contribution < -0.4 is 11.1 Å². The highest BCUT2D eigenvalue weighted by Gasteiger charge is 2.17. The number of nitrogens with one attached hydrogen (secondary N) is 1. The lowest BCUT2D eigenvalue weighted by molar-refractivity contribution is -0.132. The van der Waals surface area contributed by atoms with E-state index in [9.17, 15) is 9.59 Å². The SMILES string of the molecule is Cl.Nc1ccc(CC(=O)Nc2ncn(CC(=O)N3CCCCCC3)n2)cc1. The van der Waals surface area contributed by atoms with Crippen molar-refractivity contribution in [2.45, 2.75) is 38.6 Å². The van der Waals surface area contributed by atoms with Gasteiger partial charge in [-0.15, -0.1) is 17.5 Å². The number of carbonyl (C=O) groups is 2. The minimum absolute atomic E-state index is 0. The van der Waals surface area contributed by atoms with E-state index in [0.29, 0.717) is 5.69 Å². The molecule has 8 nitrogen and oxygen atoms in total. The highest BCUT2D eigenvalue weighted by Crippen LogP contribution is 2.11. The summed E-state index contributed by atoms with van der Waals surface area (Å²) in [7, 11) is 0. The number of hydrogen-bond acceptors (Lipinski definition) is 5. The normalized spacial score (nSPS) is 14.1. The molecule has 3 rings (SSSR count). The average Bonchev–Trinajstić information content (AvgIpc) is 2.88. The van der Waals surface area contributed by atoms with Crippen LogP contribution in [-0.2, 0) is 22.6 Å². The molecule has 27 heavy (non-hydrogen) atoms. The van der Waals surface area contributed by atoms with Crippen LogP contribution in [0.15, 0.2) is 30.6 Å². The van der Waals surface area contributed by atoms with E-state index in [0.717, 1.165) is 31.5 Å². The Hall–Kier alpha value is -2.61. The maximum absolute atomic E-state index is 12.4. The number of carbonyl (C=O) groups excluding carboxylic acids is 2. The van der Waals surface area contributed by atoms with E-state index in [1.807, 2.05) is 4.90 Å². The number of hydrogen-bond donors (Lipinski definition) is 2. The fourth-order valence-corrected chi connectivity index (χ4v) is 2.98. The van der Waals surface area contributed by atoms with E-state index in [-0.39, 0.29) is 43.1 Å². The van der Waals surface area contributed by atoms with Gasteiger partial charge in [0.15, 0.2) is 0 Å². The molecule has 0 radical (unpaired) electrons. The lowest BCUT2D eigenvalue weighted by Gasteiger charge is -2.19. The monoisotopic (exact) mass is 392 g/mol. The summed E-state index contributed by atoms with van der Waals surface area (Å²) >= 11 is 0. The van der Waals surface area contributed by atoms with E-state index < -0.39 is 0 Å². The first-order valence-corrected chi connectivity index (χ1v) is 8.91. The zero-order valence-corrected chi connectivity index (χ0v) is 16.0. The molecule has 1 aromatic carbocycles. The van der Waals surface area contributed by atoms with Gasteiger partial charge in [0.2, 0.25) is 17.8 Å². The van der Waals surface area contributed by atoms with Crippen molar-refractivity contribution >= 4 is 35.9 Å². The first-order chi connectivity index (χ1) is 12.6. The van der Waals surface area contributed by atoms with Crippen LogP contribution in [0.4, 0.5) is 11.6 Å². The molecule has 1 aliphatic rings. The number of anilines is 2. The van der Waals surface area contributed by atoms with Gasteiger partial charge in [-0.3, -0.25) is 14.9 Å². The Morgan fingerprint density at radius 2 is 1.74 bits per heavy atom. The van der Waals surface area contributed by atoms with Crippen molar-refractivity contribution in [3.8, 4) is 0 Å². The van der Waals surface area contributed by atoms with Gasteiger partial charge in [0.05, 0.1) is 6.42 Å². The molecule has 1 aromatic heterocycles. The van der Waals surface area contributed by atoms with E-state index in [2.05, 4.69) is 15.4 Å². The molecule has 0 unspecified atom stereocenters. The molecule has 0 saturated carbocycles. The molecule has 1 saturated heterocycles. The third kappa shape index (κ3) is 6.25. The molecular formula is C18H25ClN6O2. The third-order valence-corrected chi connectivity index (χ3v) is 4.39. The first kappa shape index (κ1) is 20.7. The number of nitrogens with zero attached hydrogens (tertiary/aromatic N) is 4. The summed E-state index contributed by atoms with van der Waals surface area (Å²) in [4.78, 5) is 30.4. The summed E-state index contributed by atoms with van der Waals surface area (Å²) in [6, 6.07) is 7.12. The zero-order valence-electron chi connectivity index (χ0n) is 15.1. The number of nitrogen functional groups attached to an aromatic ring is 1. The molecule has 1 fully saturated rings. The molecule has 2 amide bonds. The zero-order chi connectivity index (χ0) is 18.4. The lowest BCUT2D eigenvalue weighted by atomic mass is 10.1. The average molecular weight is 393 g/mol. The molecule has 0 spiro atoms. The van der Waals surface area contributed by atoms with E-state index in [4.69, 9.17) is 5.73 Å². The van der Waals surface area contributed by atoms with E-state index >= 15 is 0 Å². The van der Waals surface area contributed by atoms with Crippen molar-refractivity contribution < 1.29 is 9.59 Å². The minimum atomic E-state index is -0.216. The second-order valence-corrected chi connectivity index (χ2v) is 6.53. The van der Waals surface area contributed by atoms with E-state index in [1.165, 1.54) is 23.9 Å². The smallest absolute Gasteiger partial charge is 0.248 e. The van der Waals surface area contributed by atoms with Gasteiger partial charge in [-0.2, -0.15) is 0 Å². The molecule has 0 bridgehead atoms. The fourth-order valence-electron chi connectivity index (χ4n) is 2.98. The number of amides is 2. The van der Waals surface area contributed by atoms with Crippen LogP contribution in [0.25, 0.3) is 0 Å². The summed E-state index contributed by atoms with van der Waals surface area (Å²) in [5.41, 5.74) is 7.14. The predicted molar refractivity (Wildman–Crippen MR) is 106 cm³/mol. The van der Waals surface area contributed by atoms with Gasteiger partial charge in [0.1, 0.15) is 12.9 Å². The van der Waals surface area contributed by atoms with Crippen LogP contribution in [0.1, 0.15) is 31.2 Å². The van der Waals surface area contributed by atoms with Gasteiger partial charge < -0.3 is 10.6 Å². The van der Waals surface area contributed by atoms with Gasteiger partial charge in [0, 0.05) is 18.8 Å². The Bertz CT molecular complexity index is 753. The maximum atomic E-state index is 12.4. The lowest BCUT2D eigenvalue weighted by Crippen LogP contribution is -2.34. The van der Waals surface area contributed by atoms with Crippen molar-refractivity contribution in [1.82, 2.24) is 19.7 Å². The van der Waals surface area contributed by atoms with Gasteiger partial charge in [-0.05, 0) is 30.5 Å². The number of rotatable bonds is 5. The van der Waals surface area contributed by atoms with Crippen LogP contribution in [0.5, 0.6) is 0 Å². The van der Waals surface area contributed by atoms with Crippen LogP contribution in [0, 0.1) is 0 Å². The van der Waals surface area contributed by atoms with Gasteiger partial charge in [-0.25, -0.2) is 9.67 Å². The molecule has 2 aromatic rings. The molecule has 2 heterocycles. The highest BCUT2D eigenvalue weighted by atomic mass is 35.5.